The number of para-hydroxylation sites is 7. The number of hydrogen-bond acceptors (Lipinski definition) is 24. The van der Waals surface area contributed by atoms with Crippen LogP contribution in [-0.2, 0) is 0 Å². The van der Waals surface area contributed by atoms with Crippen LogP contribution in [0.15, 0.2) is 268 Å². The number of nitrogens with zero attached hydrogens (tertiary/aromatic N) is 24. The molecule has 7 aromatic heterocycles. The lowest BCUT2D eigenvalue weighted by Crippen LogP contribution is -2.36. The van der Waals surface area contributed by atoms with Gasteiger partial charge in [0, 0.05) is 113 Å². The second kappa shape index (κ2) is 38.6. The molecule has 0 fully saturated rings. The zero-order valence-electron chi connectivity index (χ0n) is 79.8. The zero-order valence-corrected chi connectivity index (χ0v) is 79.8. The molecule has 14 aromatic rings. The number of aryl methyl sites for hydroxylation is 8. The van der Waals surface area contributed by atoms with E-state index in [-0.39, 0.29) is 30.8 Å². The Balaban J connectivity index is 0.000000116. The summed E-state index contributed by atoms with van der Waals surface area (Å²) >= 11 is 0. The molecule has 21 rings (SSSR count). The number of aromatic nitrogens is 10. The lowest BCUT2D eigenvalue weighted by Gasteiger charge is -2.29. The monoisotopic (exact) mass is 1730 g/mol. The molecule has 7 aliphatic rings. The average Bonchev–Trinajstić information content (AvgIpc) is 1.50. The lowest BCUT2D eigenvalue weighted by molar-refractivity contribution is 0.726. The first-order valence-electron chi connectivity index (χ1n) is 44.9. The van der Waals surface area contributed by atoms with Crippen molar-refractivity contribution in [1.82, 2.24) is 49.8 Å². The quantitative estimate of drug-likeness (QED) is 0.140. The predicted molar refractivity (Wildman–Crippen MR) is 540 cm³/mol. The third-order valence-electron chi connectivity index (χ3n) is 26.4. The van der Waals surface area contributed by atoms with Crippen molar-refractivity contribution in [3.8, 4) is 0 Å². The Kier molecular flexibility index (Phi) is 26.9. The zero-order chi connectivity index (χ0) is 92.2. The van der Waals surface area contributed by atoms with E-state index in [2.05, 4.69) is 473 Å². The van der Waals surface area contributed by atoms with Gasteiger partial charge in [-0.3, -0.25) is 9.97 Å². The van der Waals surface area contributed by atoms with Gasteiger partial charge >= 0.3 is 0 Å². The fourth-order valence-electron chi connectivity index (χ4n) is 18.2. The second-order valence-corrected chi connectivity index (χ2v) is 34.7. The summed E-state index contributed by atoms with van der Waals surface area (Å²) < 4.78 is 0. The number of anilines is 21. The molecule has 0 radical (unpaired) electrons. The molecule has 7 atom stereocenters. The number of fused-ring (bicyclic) bond motifs is 7. The summed E-state index contributed by atoms with van der Waals surface area (Å²) in [6.07, 6.45) is 20.2. The minimum atomic E-state index is 0.220. The first-order valence-corrected chi connectivity index (χ1v) is 44.9. The van der Waals surface area contributed by atoms with E-state index in [0.29, 0.717) is 18.2 Å². The van der Waals surface area contributed by atoms with E-state index in [4.69, 9.17) is 0 Å². The Hall–Kier alpha value is -14.4. The molecule has 0 unspecified atom stereocenters. The van der Waals surface area contributed by atoms with Crippen LogP contribution in [0, 0.1) is 55.4 Å². The van der Waals surface area contributed by atoms with Gasteiger partial charge in [-0.25, -0.2) is 39.9 Å². The molecule has 668 valence electrons. The lowest BCUT2D eigenvalue weighted by atomic mass is 10.1. The van der Waals surface area contributed by atoms with Crippen molar-refractivity contribution in [2.24, 2.45) is 0 Å². The normalized spacial score (nSPS) is 17.9. The van der Waals surface area contributed by atoms with Gasteiger partial charge in [0.2, 0.25) is 0 Å². The summed E-state index contributed by atoms with van der Waals surface area (Å²) in [6.45, 7) is 36.7. The molecule has 130 heavy (non-hydrogen) atoms. The van der Waals surface area contributed by atoms with Crippen LogP contribution < -0.4 is 68.6 Å². The van der Waals surface area contributed by atoms with Crippen LogP contribution in [0.4, 0.5) is 120 Å². The summed E-state index contributed by atoms with van der Waals surface area (Å²) in [4.78, 5) is 75.9. The van der Waals surface area contributed by atoms with E-state index in [0.717, 1.165) is 57.7 Å². The highest BCUT2D eigenvalue weighted by molar-refractivity contribution is 5.88. The Morgan fingerprint density at radius 1 is 0.223 bits per heavy atom. The van der Waals surface area contributed by atoms with Crippen LogP contribution in [0.25, 0.3) is 0 Å². The number of benzene rings is 7. The molecule has 7 aliphatic heterocycles. The molecule has 0 spiro atoms. The number of rotatable bonds is 8. The van der Waals surface area contributed by atoms with Crippen molar-refractivity contribution in [3.05, 3.63) is 319 Å². The summed E-state index contributed by atoms with van der Waals surface area (Å²) in [6, 6.07) is 71.7. The number of hydrogen-bond donors (Lipinski definition) is 0. The molecule has 24 heteroatoms. The van der Waals surface area contributed by atoms with Crippen molar-refractivity contribution < 1.29 is 0 Å². The molecule has 0 saturated carbocycles. The molecule has 7 aromatic carbocycles. The summed E-state index contributed by atoms with van der Waals surface area (Å²) in [7, 11) is 14.7. The van der Waals surface area contributed by atoms with E-state index in [1.54, 1.807) is 12.7 Å². The minimum Gasteiger partial charge on any atom is -0.352 e. The predicted octanol–water partition coefficient (Wildman–Crippen LogP) is 22.9. The Bertz CT molecular complexity index is 5690. The first kappa shape index (κ1) is 90.4. The Morgan fingerprint density at radius 2 is 0.538 bits per heavy atom. The van der Waals surface area contributed by atoms with E-state index >= 15 is 0 Å². The fraction of sp³-hybridized carbons (Fsp3) is 0.302. The molecule has 0 saturated heterocycles. The molecule has 0 bridgehead atoms. The molecule has 24 nitrogen and oxygen atoms in total. The minimum absolute atomic E-state index is 0.220. The highest BCUT2D eigenvalue weighted by Crippen LogP contribution is 2.50. The van der Waals surface area contributed by atoms with Crippen LogP contribution in [0.1, 0.15) is 119 Å². The standard InChI is InChI=1S/C18H23N3.C15H18N4.3C15H17N3.2C14H16N4/c1-12(2)15-10-17-18(11-19-15)20(5)14(4)21(17)16-9-7-6-8-13(16)3;1-10-7-5-6-8-13(10)19-12(3)18(4)14-15(19)17-11(2)9-16-14;1-11-7-4-5-8-13(11)18-12(2)17(3)15-14(18)9-6-10-16-15;1-11-7-4-5-8-13(11)18-12(2)17(3)14-9-6-10-16-15(14)18;1-11-6-4-5-7-13(11)18-12(2)17(3)14-8-9-16-10-15(14)18;1-10-6-4-5-7-12(10)18-11(2)17(3)14-13(18)8-15-9-16-14;1-10-6-4-5-7-12(10)18-11(2)17(3)13-8-15-9-16-14(13)18/h6-12,14H,1-5H3;5-9,12H,1-4H3;3*4-10,12H,1-3H3;2*4-9,11H,1-3H3/t14-;4*12-;2*11-/m0000000/s1. The third-order valence-corrected chi connectivity index (χ3v) is 26.4. The first-order chi connectivity index (χ1) is 62.6. The smallest absolute Gasteiger partial charge is 0.178 e. The van der Waals surface area contributed by atoms with Gasteiger partial charge in [0.25, 0.3) is 0 Å². The summed E-state index contributed by atoms with van der Waals surface area (Å²) in [5.41, 5.74) is 29.0. The van der Waals surface area contributed by atoms with E-state index in [1.807, 2.05) is 68.6 Å². The largest absolute Gasteiger partial charge is 0.352 e. The van der Waals surface area contributed by atoms with Gasteiger partial charge in [-0.15, -0.1) is 0 Å². The molecule has 0 aliphatic carbocycles. The highest BCUT2D eigenvalue weighted by atomic mass is 15.5. The van der Waals surface area contributed by atoms with Gasteiger partial charge in [0.05, 0.1) is 70.8 Å². The summed E-state index contributed by atoms with van der Waals surface area (Å²) in [5, 5.41) is 0. The molecule has 14 heterocycles. The van der Waals surface area contributed by atoms with Crippen LogP contribution in [-0.4, -0.2) is 142 Å². The van der Waals surface area contributed by atoms with Gasteiger partial charge in [0.1, 0.15) is 67.2 Å². The SMILES string of the molecule is Cc1ccccc1N1c2cc(C(C)C)ncc2N(C)[C@@H]1C.Cc1ccccc1N1c2cccnc2N(C)[C@@H]1C.Cc1ccccc1N1c2cnccc2N(C)[C@@H]1C.Cc1ccccc1N1c2cncnc2N(C)[C@@H]1C.Cc1ccccc1N1c2ncccc2N(C)[C@@H]1C.Cc1ccccc1N1c2ncncc2N(C)[C@@H]1C.Cc1cnc2c(n1)N(c1ccccc1C)[C@@H](C)N2C. The maximum absolute atomic E-state index is 4.68. The second-order valence-electron chi connectivity index (χ2n) is 34.7. The van der Waals surface area contributed by atoms with Crippen molar-refractivity contribution in [2.75, 3.05) is 118 Å². The van der Waals surface area contributed by atoms with Crippen molar-refractivity contribution in [3.63, 3.8) is 0 Å². The van der Waals surface area contributed by atoms with Crippen LogP contribution in [0.3, 0.4) is 0 Å². The maximum Gasteiger partial charge on any atom is 0.178 e. The third kappa shape index (κ3) is 17.4. The molecular weight excluding hydrogens is 1610 g/mol. The van der Waals surface area contributed by atoms with Gasteiger partial charge < -0.3 is 68.6 Å². The number of pyridine rings is 4. The molecule has 0 N–H and O–H groups in total. The maximum atomic E-state index is 4.68. The Morgan fingerprint density at radius 3 is 1.00 bits per heavy atom. The van der Waals surface area contributed by atoms with Gasteiger partial charge in [-0.1, -0.05) is 141 Å². The van der Waals surface area contributed by atoms with Gasteiger partial charge in [-0.05, 0) is 228 Å². The van der Waals surface area contributed by atoms with Crippen LogP contribution >= 0.6 is 0 Å². The molecule has 0 amide bonds. The van der Waals surface area contributed by atoms with Crippen molar-refractivity contribution in [1.29, 1.82) is 0 Å². The summed E-state index contributed by atoms with van der Waals surface area (Å²) in [5.74, 6) is 6.39. The Labute approximate surface area is 769 Å². The van der Waals surface area contributed by atoms with E-state index in [1.165, 1.54) is 113 Å². The van der Waals surface area contributed by atoms with Crippen LogP contribution in [0.5, 0.6) is 0 Å². The van der Waals surface area contributed by atoms with Crippen LogP contribution in [0.2, 0.25) is 0 Å². The van der Waals surface area contributed by atoms with Crippen molar-refractivity contribution in [2.45, 2.75) is 167 Å². The fourth-order valence-corrected chi connectivity index (χ4v) is 18.2. The van der Waals surface area contributed by atoms with E-state index < -0.39 is 0 Å². The van der Waals surface area contributed by atoms with Gasteiger partial charge in [-0.2, -0.15) is 0 Å². The topological polar surface area (TPSA) is 174 Å². The average molecular weight is 1730 g/mol. The van der Waals surface area contributed by atoms with E-state index in [9.17, 15) is 0 Å². The molecular formula is C106H124N24. The van der Waals surface area contributed by atoms with Crippen molar-refractivity contribution >= 4 is 120 Å². The highest BCUT2D eigenvalue weighted by Gasteiger charge is 2.41. The van der Waals surface area contributed by atoms with Gasteiger partial charge in [0.15, 0.2) is 34.9 Å².